The van der Waals surface area contributed by atoms with Crippen LogP contribution in [0, 0.1) is 6.92 Å². The summed E-state index contributed by atoms with van der Waals surface area (Å²) in [5.74, 6) is 1.01. The molecule has 0 aromatic carbocycles. The molecule has 1 spiro atoms. The smallest absolute Gasteiger partial charge is 0.255 e. The Bertz CT molecular complexity index is 765. The first-order valence-corrected chi connectivity index (χ1v) is 9.36. The maximum atomic E-state index is 12.4. The fourth-order valence-corrected chi connectivity index (χ4v) is 4.96. The summed E-state index contributed by atoms with van der Waals surface area (Å²) in [5, 5.41) is 7.49. The van der Waals surface area contributed by atoms with Gasteiger partial charge in [0.1, 0.15) is 0 Å². The highest BCUT2D eigenvalue weighted by Crippen LogP contribution is 2.46. The van der Waals surface area contributed by atoms with E-state index in [2.05, 4.69) is 15.2 Å². The second kappa shape index (κ2) is 6.72. The van der Waals surface area contributed by atoms with Gasteiger partial charge in [-0.15, -0.1) is 11.8 Å². The van der Waals surface area contributed by atoms with Gasteiger partial charge in [0.15, 0.2) is 0 Å². The van der Waals surface area contributed by atoms with Crippen molar-refractivity contribution in [1.29, 1.82) is 0 Å². The maximum absolute atomic E-state index is 12.4. The van der Waals surface area contributed by atoms with Gasteiger partial charge in [-0.1, -0.05) is 6.07 Å². The Kier molecular flexibility index (Phi) is 4.43. The zero-order chi connectivity index (χ0) is 17.3. The van der Waals surface area contributed by atoms with E-state index in [1.165, 1.54) is 6.20 Å². The summed E-state index contributed by atoms with van der Waals surface area (Å²) >= 11 is 1.93. The minimum Gasteiger partial charge on any atom is -0.371 e. The maximum Gasteiger partial charge on any atom is 0.255 e. The third kappa shape index (κ3) is 3.52. The van der Waals surface area contributed by atoms with Gasteiger partial charge in [-0.05, 0) is 31.5 Å². The molecule has 130 valence electrons. The number of carbonyl (C=O) groups is 1. The molecular formula is C18H20N4O2S. The molecule has 25 heavy (non-hydrogen) atoms. The molecule has 2 aliphatic heterocycles. The summed E-state index contributed by atoms with van der Waals surface area (Å²) in [7, 11) is 0. The molecule has 0 unspecified atom stereocenters. The molecule has 2 aliphatic rings. The first kappa shape index (κ1) is 16.5. The number of amides is 1. The Labute approximate surface area is 151 Å². The lowest BCUT2D eigenvalue weighted by Crippen LogP contribution is -2.60. The van der Waals surface area contributed by atoms with Crippen LogP contribution in [0.25, 0.3) is 0 Å². The standard InChI is InChI=1S/C18H20N4O2S/c1-13-3-2-4-15(21-13)9-24-16-7-18(25-10-16)11-22(12-18)17(23)14-5-6-19-20-8-14/h2-6,8,16H,7,9-12H2,1H3/t16-/m0/s1. The van der Waals surface area contributed by atoms with Crippen molar-refractivity contribution in [2.24, 2.45) is 0 Å². The predicted molar refractivity (Wildman–Crippen MR) is 95.3 cm³/mol. The number of hydrogen-bond donors (Lipinski definition) is 0. The lowest BCUT2D eigenvalue weighted by molar-refractivity contribution is 0.0244. The number of hydrogen-bond acceptors (Lipinski definition) is 6. The molecule has 2 fully saturated rings. The average Bonchev–Trinajstić information content (AvgIpc) is 3.04. The number of nitrogens with zero attached hydrogens (tertiary/aromatic N) is 4. The lowest BCUT2D eigenvalue weighted by Gasteiger charge is -2.47. The van der Waals surface area contributed by atoms with E-state index in [9.17, 15) is 4.79 Å². The van der Waals surface area contributed by atoms with Crippen LogP contribution in [-0.2, 0) is 11.3 Å². The minimum atomic E-state index is 0.0365. The van der Waals surface area contributed by atoms with Gasteiger partial charge >= 0.3 is 0 Å². The molecule has 1 amide bonds. The van der Waals surface area contributed by atoms with Crippen LogP contribution >= 0.6 is 11.8 Å². The van der Waals surface area contributed by atoms with E-state index in [0.717, 1.165) is 36.7 Å². The normalized spacial score (nSPS) is 21.3. The van der Waals surface area contributed by atoms with E-state index in [1.807, 2.05) is 41.8 Å². The summed E-state index contributed by atoms with van der Waals surface area (Å²) in [5.41, 5.74) is 2.59. The Morgan fingerprint density at radius 2 is 2.24 bits per heavy atom. The average molecular weight is 356 g/mol. The van der Waals surface area contributed by atoms with E-state index >= 15 is 0 Å². The zero-order valence-electron chi connectivity index (χ0n) is 14.1. The number of rotatable bonds is 4. The second-order valence-electron chi connectivity index (χ2n) is 6.69. The van der Waals surface area contributed by atoms with Crippen LogP contribution in [0.1, 0.15) is 28.2 Å². The van der Waals surface area contributed by atoms with Crippen LogP contribution < -0.4 is 0 Å². The molecule has 2 aromatic heterocycles. The summed E-state index contributed by atoms with van der Waals surface area (Å²) in [6.07, 6.45) is 4.29. The van der Waals surface area contributed by atoms with Gasteiger partial charge in [0.2, 0.25) is 0 Å². The number of aryl methyl sites for hydroxylation is 1. The van der Waals surface area contributed by atoms with Crippen molar-refractivity contribution in [1.82, 2.24) is 20.1 Å². The molecule has 0 N–H and O–H groups in total. The number of ether oxygens (including phenoxy) is 1. The Hall–Kier alpha value is -1.99. The van der Waals surface area contributed by atoms with Gasteiger partial charge in [-0.25, -0.2) is 0 Å². The number of aromatic nitrogens is 3. The first-order chi connectivity index (χ1) is 12.1. The quantitative estimate of drug-likeness (QED) is 0.836. The molecule has 2 aromatic rings. The third-order valence-electron chi connectivity index (χ3n) is 4.66. The molecule has 7 heteroatoms. The van der Waals surface area contributed by atoms with Crippen molar-refractivity contribution < 1.29 is 9.53 Å². The Balaban J connectivity index is 1.28. The summed E-state index contributed by atoms with van der Waals surface area (Å²) in [6, 6.07) is 7.71. The van der Waals surface area contributed by atoms with Gasteiger partial charge in [0.05, 0.1) is 41.1 Å². The van der Waals surface area contributed by atoms with Gasteiger partial charge in [0, 0.05) is 24.5 Å². The number of carbonyl (C=O) groups excluding carboxylic acids is 1. The minimum absolute atomic E-state index is 0.0365. The molecule has 1 atom stereocenters. The summed E-state index contributed by atoms with van der Waals surface area (Å²) in [4.78, 5) is 18.8. The fourth-order valence-electron chi connectivity index (χ4n) is 3.41. The van der Waals surface area contributed by atoms with Crippen molar-refractivity contribution in [2.45, 2.75) is 30.8 Å². The largest absolute Gasteiger partial charge is 0.371 e. The van der Waals surface area contributed by atoms with Gasteiger partial charge in [-0.2, -0.15) is 10.2 Å². The van der Waals surface area contributed by atoms with Crippen molar-refractivity contribution in [3.05, 3.63) is 53.6 Å². The number of thioether (sulfide) groups is 1. The van der Waals surface area contributed by atoms with Crippen LogP contribution in [0.4, 0.5) is 0 Å². The Morgan fingerprint density at radius 3 is 3.00 bits per heavy atom. The zero-order valence-corrected chi connectivity index (χ0v) is 14.9. The second-order valence-corrected chi connectivity index (χ2v) is 8.18. The van der Waals surface area contributed by atoms with Crippen molar-refractivity contribution >= 4 is 17.7 Å². The van der Waals surface area contributed by atoms with Gasteiger partial charge < -0.3 is 9.64 Å². The van der Waals surface area contributed by atoms with E-state index in [-0.39, 0.29) is 16.8 Å². The molecule has 0 bridgehead atoms. The van der Waals surface area contributed by atoms with E-state index in [4.69, 9.17) is 4.74 Å². The Morgan fingerprint density at radius 1 is 1.36 bits per heavy atom. The van der Waals surface area contributed by atoms with Crippen molar-refractivity contribution in [3.8, 4) is 0 Å². The molecule has 0 aliphatic carbocycles. The first-order valence-electron chi connectivity index (χ1n) is 8.38. The molecular weight excluding hydrogens is 336 g/mol. The summed E-state index contributed by atoms with van der Waals surface area (Å²) in [6.45, 7) is 4.10. The number of pyridine rings is 1. The third-order valence-corrected chi connectivity index (χ3v) is 6.24. The predicted octanol–water partition coefficient (Wildman–Crippen LogP) is 2.10. The van der Waals surface area contributed by atoms with Crippen molar-refractivity contribution in [3.63, 3.8) is 0 Å². The van der Waals surface area contributed by atoms with Crippen LogP contribution in [0.3, 0.4) is 0 Å². The van der Waals surface area contributed by atoms with Crippen LogP contribution in [0.15, 0.2) is 36.7 Å². The van der Waals surface area contributed by atoms with Crippen LogP contribution in [0.2, 0.25) is 0 Å². The summed E-state index contributed by atoms with van der Waals surface area (Å²) < 4.78 is 6.20. The monoisotopic (exact) mass is 356 g/mol. The molecule has 4 heterocycles. The highest BCUT2D eigenvalue weighted by atomic mass is 32.2. The topological polar surface area (TPSA) is 68.2 Å². The van der Waals surface area contributed by atoms with E-state index in [0.29, 0.717) is 12.2 Å². The van der Waals surface area contributed by atoms with E-state index in [1.54, 1.807) is 12.3 Å². The lowest BCUT2D eigenvalue weighted by atomic mass is 9.92. The highest BCUT2D eigenvalue weighted by Gasteiger charge is 2.51. The van der Waals surface area contributed by atoms with Gasteiger partial charge in [-0.3, -0.25) is 9.78 Å². The van der Waals surface area contributed by atoms with Gasteiger partial charge in [0.25, 0.3) is 5.91 Å². The molecule has 2 saturated heterocycles. The van der Waals surface area contributed by atoms with Crippen LogP contribution in [-0.4, -0.2) is 55.7 Å². The van der Waals surface area contributed by atoms with E-state index < -0.39 is 0 Å². The van der Waals surface area contributed by atoms with Crippen molar-refractivity contribution in [2.75, 3.05) is 18.8 Å². The molecule has 0 radical (unpaired) electrons. The molecule has 6 nitrogen and oxygen atoms in total. The highest BCUT2D eigenvalue weighted by molar-refractivity contribution is 8.01. The van der Waals surface area contributed by atoms with Crippen LogP contribution in [0.5, 0.6) is 0 Å². The number of likely N-dealkylation sites (tertiary alicyclic amines) is 1. The SMILES string of the molecule is Cc1cccc(CO[C@@H]2CSC3(C2)CN(C(=O)c2ccnnc2)C3)n1. The molecule has 4 rings (SSSR count). The molecule has 0 saturated carbocycles. The fraction of sp³-hybridized carbons (Fsp3) is 0.444.